The Bertz CT molecular complexity index is 1010. The highest BCUT2D eigenvalue weighted by atomic mass is 32.2. The number of hydrogen-bond acceptors (Lipinski definition) is 5. The van der Waals surface area contributed by atoms with Crippen molar-refractivity contribution in [1.29, 1.82) is 0 Å². The lowest BCUT2D eigenvalue weighted by Gasteiger charge is -2.11. The van der Waals surface area contributed by atoms with Gasteiger partial charge in [0, 0.05) is 5.39 Å². The fraction of sp³-hybridized carbons (Fsp3) is 0.167. The first-order chi connectivity index (χ1) is 12.8. The van der Waals surface area contributed by atoms with Crippen molar-refractivity contribution < 1.29 is 27.1 Å². The molecule has 0 aliphatic heterocycles. The number of fused-ring (bicyclic) bond motifs is 1. The van der Waals surface area contributed by atoms with Crippen LogP contribution in [0, 0.1) is 5.82 Å². The van der Waals surface area contributed by atoms with Gasteiger partial charge in [0.15, 0.2) is 5.78 Å². The van der Waals surface area contributed by atoms with E-state index < -0.39 is 23.6 Å². The number of carbonyl (C=O) groups is 1. The predicted molar refractivity (Wildman–Crippen MR) is 92.5 cm³/mol. The quantitative estimate of drug-likeness (QED) is 0.269. The second-order valence-corrected chi connectivity index (χ2v) is 6.39. The molecule has 27 heavy (non-hydrogen) atoms. The predicted octanol–water partition coefficient (Wildman–Crippen LogP) is 4.77. The molecule has 0 radical (unpaired) electrons. The maximum Gasteiger partial charge on any atom is 0.451 e. The van der Waals surface area contributed by atoms with Crippen LogP contribution in [0.2, 0.25) is 0 Å². The molecule has 0 bridgehead atoms. The van der Waals surface area contributed by atoms with E-state index in [1.54, 1.807) is 18.2 Å². The summed E-state index contributed by atoms with van der Waals surface area (Å²) < 4.78 is 57.6. The van der Waals surface area contributed by atoms with E-state index in [0.29, 0.717) is 5.39 Å². The maximum atomic E-state index is 13.4. The van der Waals surface area contributed by atoms with Gasteiger partial charge in [-0.2, -0.15) is 13.2 Å². The van der Waals surface area contributed by atoms with E-state index >= 15 is 0 Å². The molecule has 0 spiro atoms. The van der Waals surface area contributed by atoms with Crippen LogP contribution in [0.5, 0.6) is 5.75 Å². The number of ketones is 1. The van der Waals surface area contributed by atoms with E-state index in [9.17, 15) is 22.4 Å². The molecule has 0 aliphatic carbocycles. The van der Waals surface area contributed by atoms with Gasteiger partial charge in [-0.25, -0.2) is 14.4 Å². The summed E-state index contributed by atoms with van der Waals surface area (Å²) in [6.07, 6.45) is -4.71. The number of halogens is 4. The fourth-order valence-corrected chi connectivity index (χ4v) is 3.30. The number of methoxy groups -OCH3 is 1. The first kappa shape index (κ1) is 19.1. The summed E-state index contributed by atoms with van der Waals surface area (Å²) in [5, 5.41) is 0.422. The first-order valence-electron chi connectivity index (χ1n) is 7.63. The number of rotatable bonds is 5. The number of para-hydroxylation sites is 1. The minimum Gasteiger partial charge on any atom is -0.496 e. The van der Waals surface area contributed by atoms with Crippen molar-refractivity contribution >= 4 is 28.4 Å². The summed E-state index contributed by atoms with van der Waals surface area (Å²) in [5.41, 5.74) is 0.137. The Labute approximate surface area is 155 Å². The van der Waals surface area contributed by atoms with E-state index in [1.807, 2.05) is 0 Å². The minimum absolute atomic E-state index is 0.0133. The number of benzene rings is 2. The topological polar surface area (TPSA) is 52.1 Å². The van der Waals surface area contributed by atoms with Crippen LogP contribution in [0.15, 0.2) is 47.5 Å². The van der Waals surface area contributed by atoms with Crippen molar-refractivity contribution in [3.8, 4) is 5.75 Å². The largest absolute Gasteiger partial charge is 0.496 e. The third kappa shape index (κ3) is 4.19. The molecule has 140 valence electrons. The van der Waals surface area contributed by atoms with Gasteiger partial charge in [-0.05, 0) is 24.3 Å². The molecule has 0 aliphatic rings. The Morgan fingerprint density at radius 3 is 2.59 bits per heavy atom. The molecular formula is C18H12F4N2O2S. The molecular weight excluding hydrogens is 384 g/mol. The lowest BCUT2D eigenvalue weighted by Crippen LogP contribution is -2.12. The van der Waals surface area contributed by atoms with Crippen molar-refractivity contribution in [3.05, 3.63) is 59.7 Å². The van der Waals surface area contributed by atoms with Crippen LogP contribution in [-0.4, -0.2) is 28.6 Å². The summed E-state index contributed by atoms with van der Waals surface area (Å²) >= 11 is 0.830. The molecule has 9 heteroatoms. The van der Waals surface area contributed by atoms with Gasteiger partial charge in [0.05, 0.1) is 23.9 Å². The number of alkyl halides is 3. The summed E-state index contributed by atoms with van der Waals surface area (Å²) in [7, 11) is 1.34. The molecule has 2 aromatic carbocycles. The highest BCUT2D eigenvalue weighted by molar-refractivity contribution is 8.00. The zero-order valence-corrected chi connectivity index (χ0v) is 14.7. The van der Waals surface area contributed by atoms with Crippen LogP contribution < -0.4 is 4.74 Å². The number of thioether (sulfide) groups is 1. The Morgan fingerprint density at radius 1 is 1.15 bits per heavy atom. The third-order valence-electron chi connectivity index (χ3n) is 3.62. The summed E-state index contributed by atoms with van der Waals surface area (Å²) in [6.45, 7) is 0. The Hall–Kier alpha value is -2.68. The van der Waals surface area contributed by atoms with E-state index in [1.165, 1.54) is 19.2 Å². The zero-order valence-electron chi connectivity index (χ0n) is 13.9. The van der Waals surface area contributed by atoms with Crippen LogP contribution >= 0.6 is 11.8 Å². The average molecular weight is 396 g/mol. The van der Waals surface area contributed by atoms with E-state index in [4.69, 9.17) is 4.74 Å². The SMILES string of the molecule is COc1ccc(F)cc1C(=O)CSc1nc(C(F)(F)F)nc2ccccc12. The van der Waals surface area contributed by atoms with Crippen LogP contribution in [0.4, 0.5) is 17.6 Å². The molecule has 1 aromatic heterocycles. The molecule has 3 rings (SSSR count). The van der Waals surface area contributed by atoms with Crippen molar-refractivity contribution in [2.45, 2.75) is 11.2 Å². The summed E-state index contributed by atoms with van der Waals surface area (Å²) in [4.78, 5) is 19.5. The van der Waals surface area contributed by atoms with Gasteiger partial charge in [0.1, 0.15) is 16.6 Å². The number of aromatic nitrogens is 2. The molecule has 0 unspecified atom stereocenters. The standard InChI is InChI=1S/C18H12F4N2O2S/c1-26-15-7-6-10(19)8-12(15)14(25)9-27-16-11-4-2-3-5-13(11)23-17(24-16)18(20,21)22/h2-8H,9H2,1H3. The fourth-order valence-electron chi connectivity index (χ4n) is 2.39. The number of Topliss-reactive ketones (excluding diaryl/α,β-unsaturated/α-hetero) is 1. The van der Waals surface area contributed by atoms with E-state index in [-0.39, 0.29) is 27.6 Å². The van der Waals surface area contributed by atoms with E-state index in [0.717, 1.165) is 23.9 Å². The first-order valence-corrected chi connectivity index (χ1v) is 8.61. The second kappa shape index (κ2) is 7.51. The van der Waals surface area contributed by atoms with Crippen LogP contribution in [0.25, 0.3) is 10.9 Å². The minimum atomic E-state index is -4.71. The number of hydrogen-bond donors (Lipinski definition) is 0. The number of carbonyl (C=O) groups excluding carboxylic acids is 1. The Balaban J connectivity index is 1.93. The lowest BCUT2D eigenvalue weighted by molar-refractivity contribution is -0.145. The van der Waals surface area contributed by atoms with Crippen molar-refractivity contribution in [2.75, 3.05) is 12.9 Å². The maximum absolute atomic E-state index is 13.4. The van der Waals surface area contributed by atoms with Gasteiger partial charge in [0.2, 0.25) is 5.82 Å². The van der Waals surface area contributed by atoms with E-state index in [2.05, 4.69) is 9.97 Å². The van der Waals surface area contributed by atoms with Crippen molar-refractivity contribution in [1.82, 2.24) is 9.97 Å². The normalized spacial score (nSPS) is 11.6. The van der Waals surface area contributed by atoms with Gasteiger partial charge in [-0.1, -0.05) is 30.0 Å². The van der Waals surface area contributed by atoms with Crippen molar-refractivity contribution in [2.24, 2.45) is 0 Å². The van der Waals surface area contributed by atoms with Crippen LogP contribution in [0.3, 0.4) is 0 Å². The van der Waals surface area contributed by atoms with Crippen LogP contribution in [0.1, 0.15) is 16.2 Å². The molecule has 0 amide bonds. The van der Waals surface area contributed by atoms with Gasteiger partial charge in [0.25, 0.3) is 0 Å². The third-order valence-corrected chi connectivity index (χ3v) is 4.61. The van der Waals surface area contributed by atoms with Crippen molar-refractivity contribution in [3.63, 3.8) is 0 Å². The number of nitrogens with zero attached hydrogens (tertiary/aromatic N) is 2. The molecule has 0 N–H and O–H groups in total. The molecule has 4 nitrogen and oxygen atoms in total. The molecule has 0 saturated carbocycles. The van der Waals surface area contributed by atoms with Gasteiger partial charge >= 0.3 is 6.18 Å². The highest BCUT2D eigenvalue weighted by Crippen LogP contribution is 2.32. The summed E-state index contributed by atoms with van der Waals surface area (Å²) in [6, 6.07) is 9.71. The molecule has 3 aromatic rings. The van der Waals surface area contributed by atoms with Gasteiger partial charge in [-0.3, -0.25) is 4.79 Å². The molecule has 0 atom stereocenters. The average Bonchev–Trinajstić information content (AvgIpc) is 2.64. The molecule has 0 fully saturated rings. The monoisotopic (exact) mass is 396 g/mol. The Morgan fingerprint density at radius 2 is 1.89 bits per heavy atom. The second-order valence-electron chi connectivity index (χ2n) is 5.42. The smallest absolute Gasteiger partial charge is 0.451 e. The highest BCUT2D eigenvalue weighted by Gasteiger charge is 2.35. The summed E-state index contributed by atoms with van der Waals surface area (Å²) in [5.74, 6) is -2.44. The van der Waals surface area contributed by atoms with Gasteiger partial charge < -0.3 is 4.74 Å². The van der Waals surface area contributed by atoms with Crippen LogP contribution in [-0.2, 0) is 6.18 Å². The lowest BCUT2D eigenvalue weighted by atomic mass is 10.1. The molecule has 1 heterocycles. The number of ether oxygens (including phenoxy) is 1. The Kier molecular flexibility index (Phi) is 5.31. The zero-order chi connectivity index (χ0) is 19.6. The van der Waals surface area contributed by atoms with Gasteiger partial charge in [-0.15, -0.1) is 0 Å². The molecule has 0 saturated heterocycles.